The van der Waals surface area contributed by atoms with Gasteiger partial charge in [-0.05, 0) is 108 Å². The van der Waals surface area contributed by atoms with Crippen molar-refractivity contribution in [3.63, 3.8) is 0 Å². The van der Waals surface area contributed by atoms with Gasteiger partial charge in [-0.3, -0.25) is 9.79 Å². The second-order valence-corrected chi connectivity index (χ2v) is 11.8. The SMILES string of the molecule is CC1CN(C(=O)c2ccc(Nc3cc4c(cn3)CN=C(c3c(F)cccc3F)c3cc(I)ccc3-4)cc2)CC(C)N1. The van der Waals surface area contributed by atoms with Gasteiger partial charge in [0.1, 0.15) is 17.5 Å². The lowest BCUT2D eigenvalue weighted by atomic mass is 9.92. The Morgan fingerprint density at radius 2 is 1.66 bits per heavy atom. The Labute approximate surface area is 251 Å². The van der Waals surface area contributed by atoms with Gasteiger partial charge in [-0.15, -0.1) is 0 Å². The van der Waals surface area contributed by atoms with Crippen molar-refractivity contribution in [2.24, 2.45) is 4.99 Å². The first-order valence-corrected chi connectivity index (χ1v) is 14.5. The fourth-order valence-corrected chi connectivity index (χ4v) is 6.07. The molecular formula is C32H28F2IN5O. The van der Waals surface area contributed by atoms with Crippen molar-refractivity contribution < 1.29 is 13.6 Å². The van der Waals surface area contributed by atoms with Crippen molar-refractivity contribution in [3.05, 3.63) is 110 Å². The van der Waals surface area contributed by atoms with E-state index in [4.69, 9.17) is 0 Å². The van der Waals surface area contributed by atoms with Crippen LogP contribution >= 0.6 is 22.6 Å². The van der Waals surface area contributed by atoms with Crippen molar-refractivity contribution in [2.75, 3.05) is 18.4 Å². The number of pyridine rings is 1. The van der Waals surface area contributed by atoms with Gasteiger partial charge in [0, 0.05) is 51.8 Å². The number of carbonyl (C=O) groups is 1. The smallest absolute Gasteiger partial charge is 0.253 e. The van der Waals surface area contributed by atoms with E-state index in [2.05, 4.69) is 57.0 Å². The highest BCUT2D eigenvalue weighted by atomic mass is 127. The molecular weight excluding hydrogens is 635 g/mol. The summed E-state index contributed by atoms with van der Waals surface area (Å²) in [5.74, 6) is -0.670. The summed E-state index contributed by atoms with van der Waals surface area (Å²) in [5, 5.41) is 6.78. The highest BCUT2D eigenvalue weighted by Gasteiger charge is 2.26. The molecule has 3 heterocycles. The Bertz CT molecular complexity index is 1640. The van der Waals surface area contributed by atoms with Crippen LogP contribution in [0, 0.1) is 15.2 Å². The molecule has 2 aliphatic heterocycles. The number of piperazine rings is 1. The Kier molecular flexibility index (Phi) is 7.56. The molecule has 1 amide bonds. The maximum absolute atomic E-state index is 14.8. The number of carbonyl (C=O) groups excluding carboxylic acids is 1. The normalized spacial score (nSPS) is 18.2. The third-order valence-electron chi connectivity index (χ3n) is 7.37. The van der Waals surface area contributed by atoms with Gasteiger partial charge >= 0.3 is 0 Å². The average molecular weight is 664 g/mol. The maximum atomic E-state index is 14.8. The number of benzene rings is 3. The predicted molar refractivity (Wildman–Crippen MR) is 166 cm³/mol. The van der Waals surface area contributed by atoms with E-state index in [1.165, 1.54) is 18.2 Å². The van der Waals surface area contributed by atoms with E-state index in [9.17, 15) is 13.6 Å². The Morgan fingerprint density at radius 1 is 0.951 bits per heavy atom. The molecule has 2 N–H and O–H groups in total. The second-order valence-electron chi connectivity index (χ2n) is 10.6. The van der Waals surface area contributed by atoms with Gasteiger partial charge in [0.15, 0.2) is 0 Å². The summed E-state index contributed by atoms with van der Waals surface area (Å²) < 4.78 is 30.6. The third kappa shape index (κ3) is 5.60. The third-order valence-corrected chi connectivity index (χ3v) is 8.04. The lowest BCUT2D eigenvalue weighted by molar-refractivity contribution is 0.0674. The number of aromatic nitrogens is 1. The van der Waals surface area contributed by atoms with E-state index in [1.54, 1.807) is 6.20 Å². The number of hydrogen-bond acceptors (Lipinski definition) is 5. The molecule has 0 radical (unpaired) electrons. The topological polar surface area (TPSA) is 69.6 Å². The van der Waals surface area contributed by atoms with Crippen LogP contribution in [0.2, 0.25) is 0 Å². The minimum atomic E-state index is -0.650. The number of hydrogen-bond donors (Lipinski definition) is 2. The number of rotatable bonds is 4. The van der Waals surface area contributed by atoms with Gasteiger partial charge in [-0.1, -0.05) is 12.1 Å². The summed E-state index contributed by atoms with van der Waals surface area (Å²) in [6, 6.07) is 19.5. The standard InChI is InChI=1S/C32H28F2IN5O/c1-18-16-40(17-19(2)38-18)32(41)20-6-9-23(10-7-20)39-29-13-25-21(14-36-29)15-37-31(26-12-22(35)8-11-24(25)26)30-27(33)4-3-5-28(30)34/h3-14,18-19,38H,15-17H2,1-2H3,(H,36,39). The summed E-state index contributed by atoms with van der Waals surface area (Å²) in [6.45, 7) is 5.76. The van der Waals surface area contributed by atoms with E-state index < -0.39 is 11.6 Å². The Morgan fingerprint density at radius 3 is 2.37 bits per heavy atom. The van der Waals surface area contributed by atoms with Crippen LogP contribution in [0.4, 0.5) is 20.3 Å². The van der Waals surface area contributed by atoms with Crippen LogP contribution in [-0.2, 0) is 6.54 Å². The number of nitrogens with one attached hydrogen (secondary N) is 2. The van der Waals surface area contributed by atoms with E-state index in [0.29, 0.717) is 30.0 Å². The molecule has 3 aromatic carbocycles. The molecule has 0 bridgehead atoms. The first kappa shape index (κ1) is 27.5. The molecule has 41 heavy (non-hydrogen) atoms. The molecule has 6 rings (SSSR count). The number of fused-ring (bicyclic) bond motifs is 3. The summed E-state index contributed by atoms with van der Waals surface area (Å²) in [6.07, 6.45) is 1.74. The van der Waals surface area contributed by atoms with Crippen LogP contribution in [0.5, 0.6) is 0 Å². The van der Waals surface area contributed by atoms with Gasteiger partial charge < -0.3 is 15.5 Å². The molecule has 2 unspecified atom stereocenters. The molecule has 0 aliphatic carbocycles. The monoisotopic (exact) mass is 663 g/mol. The zero-order valence-corrected chi connectivity index (χ0v) is 24.7. The summed E-state index contributed by atoms with van der Waals surface area (Å²) in [7, 11) is 0. The summed E-state index contributed by atoms with van der Waals surface area (Å²) in [4.78, 5) is 24.2. The highest BCUT2D eigenvalue weighted by molar-refractivity contribution is 14.1. The molecule has 1 fully saturated rings. The molecule has 0 saturated carbocycles. The van der Waals surface area contributed by atoms with Crippen LogP contribution < -0.4 is 10.6 Å². The van der Waals surface area contributed by atoms with Gasteiger partial charge in [0.25, 0.3) is 5.91 Å². The lowest BCUT2D eigenvalue weighted by Gasteiger charge is -2.36. The van der Waals surface area contributed by atoms with Crippen molar-refractivity contribution in [2.45, 2.75) is 32.5 Å². The first-order chi connectivity index (χ1) is 19.8. The Hall–Kier alpha value is -3.70. The largest absolute Gasteiger partial charge is 0.340 e. The van der Waals surface area contributed by atoms with E-state index in [0.717, 1.165) is 25.9 Å². The second kappa shape index (κ2) is 11.3. The van der Waals surface area contributed by atoms with Gasteiger partial charge in [-0.2, -0.15) is 0 Å². The van der Waals surface area contributed by atoms with Crippen LogP contribution in [-0.4, -0.2) is 46.7 Å². The Balaban J connectivity index is 1.29. The molecule has 1 aromatic heterocycles. The van der Waals surface area contributed by atoms with E-state index in [1.807, 2.05) is 53.4 Å². The van der Waals surface area contributed by atoms with E-state index >= 15 is 0 Å². The maximum Gasteiger partial charge on any atom is 0.253 e. The first-order valence-electron chi connectivity index (χ1n) is 13.5. The molecule has 4 aromatic rings. The van der Waals surface area contributed by atoms with Crippen molar-refractivity contribution in [1.82, 2.24) is 15.2 Å². The van der Waals surface area contributed by atoms with Gasteiger partial charge in [0.05, 0.1) is 17.8 Å². The van der Waals surface area contributed by atoms with Gasteiger partial charge in [0.2, 0.25) is 0 Å². The molecule has 2 atom stereocenters. The van der Waals surface area contributed by atoms with Crippen LogP contribution in [0.1, 0.15) is 40.9 Å². The molecule has 9 heteroatoms. The van der Waals surface area contributed by atoms with Crippen molar-refractivity contribution in [1.29, 1.82) is 0 Å². The zero-order valence-electron chi connectivity index (χ0n) is 22.6. The van der Waals surface area contributed by atoms with Crippen molar-refractivity contribution >= 4 is 45.7 Å². The molecule has 6 nitrogen and oxygen atoms in total. The minimum Gasteiger partial charge on any atom is -0.340 e. The van der Waals surface area contributed by atoms with Gasteiger partial charge in [-0.25, -0.2) is 13.8 Å². The number of amides is 1. The number of halogens is 3. The number of aliphatic imine (C=N–C) groups is 1. The molecule has 2 aliphatic rings. The zero-order chi connectivity index (χ0) is 28.7. The molecule has 208 valence electrons. The highest BCUT2D eigenvalue weighted by Crippen LogP contribution is 2.36. The van der Waals surface area contributed by atoms with E-state index in [-0.39, 0.29) is 35.8 Å². The van der Waals surface area contributed by atoms with Crippen LogP contribution in [0.3, 0.4) is 0 Å². The predicted octanol–water partition coefficient (Wildman–Crippen LogP) is 6.55. The lowest BCUT2D eigenvalue weighted by Crippen LogP contribution is -2.55. The van der Waals surface area contributed by atoms with Crippen molar-refractivity contribution in [3.8, 4) is 11.1 Å². The molecule has 1 saturated heterocycles. The summed E-state index contributed by atoms with van der Waals surface area (Å²) in [5.41, 5.74) is 4.81. The van der Waals surface area contributed by atoms with Crippen LogP contribution in [0.25, 0.3) is 11.1 Å². The number of nitrogens with zero attached hydrogens (tertiary/aromatic N) is 3. The number of anilines is 2. The minimum absolute atomic E-state index is 0.0215. The average Bonchev–Trinajstić information content (AvgIpc) is 3.09. The summed E-state index contributed by atoms with van der Waals surface area (Å²) >= 11 is 2.19. The fraction of sp³-hybridized carbons (Fsp3) is 0.219. The quantitative estimate of drug-likeness (QED) is 0.243. The molecule has 0 spiro atoms. The fourth-order valence-electron chi connectivity index (χ4n) is 5.58. The van der Waals surface area contributed by atoms with Crippen LogP contribution in [0.15, 0.2) is 77.9 Å².